The molecule has 0 fully saturated rings. The van der Waals surface area contributed by atoms with Gasteiger partial charge in [0.2, 0.25) is 6.79 Å². The Kier molecular flexibility index (Phi) is 8.59. The first-order chi connectivity index (χ1) is 19.4. The molecule has 0 amide bonds. The Bertz CT molecular complexity index is 1370. The molecule has 1 aliphatic carbocycles. The largest absolute Gasteiger partial charge is 0.493 e. The molecule has 0 spiro atoms. The van der Waals surface area contributed by atoms with Crippen LogP contribution in [0.1, 0.15) is 56.6 Å². The number of ketones is 1. The third-order valence-corrected chi connectivity index (χ3v) is 8.26. The third-order valence-electron chi connectivity index (χ3n) is 7.40. The molecule has 8 nitrogen and oxygen atoms in total. The summed E-state index contributed by atoms with van der Waals surface area (Å²) < 4.78 is 28.1. The molecule has 9 heteroatoms. The second-order valence-corrected chi connectivity index (χ2v) is 11.2. The summed E-state index contributed by atoms with van der Waals surface area (Å²) in [4.78, 5) is 27.4. The molecule has 212 valence electrons. The first kappa shape index (κ1) is 28.0. The summed E-state index contributed by atoms with van der Waals surface area (Å²) >= 11 is 1.71. The summed E-state index contributed by atoms with van der Waals surface area (Å²) in [5.41, 5.74) is 4.37. The second-order valence-electron chi connectivity index (χ2n) is 9.81. The van der Waals surface area contributed by atoms with Gasteiger partial charge in [-0.25, -0.2) is 4.79 Å². The van der Waals surface area contributed by atoms with Gasteiger partial charge < -0.3 is 29.0 Å². The van der Waals surface area contributed by atoms with Crippen molar-refractivity contribution in [3.8, 4) is 23.0 Å². The van der Waals surface area contributed by atoms with Crippen LogP contribution in [0.2, 0.25) is 0 Å². The van der Waals surface area contributed by atoms with Gasteiger partial charge in [0, 0.05) is 35.1 Å². The Morgan fingerprint density at radius 3 is 2.62 bits per heavy atom. The standard InChI is InChI=1S/C31H35NO7S/c1-5-36-24-9-7-19(15-26(24)35-4)21-13-22-30(23(33)14-21)29(20-8-10-25-27(16-20)39-17-38-25)28(18(3)32-22)31(34)37-11-12-40-6-2/h7-10,15-16,21,29,32H,5-6,11-14,17H2,1-4H3. The van der Waals surface area contributed by atoms with Gasteiger partial charge in [-0.1, -0.05) is 19.1 Å². The first-order valence-electron chi connectivity index (χ1n) is 13.6. The molecule has 2 unspecified atom stereocenters. The molecular formula is C31H35NO7S. The Balaban J connectivity index is 1.50. The van der Waals surface area contributed by atoms with E-state index in [0.29, 0.717) is 65.9 Å². The summed E-state index contributed by atoms with van der Waals surface area (Å²) in [5, 5.41) is 3.41. The first-order valence-corrected chi connectivity index (χ1v) is 14.8. The number of ether oxygens (including phenoxy) is 5. The Morgan fingerprint density at radius 2 is 1.85 bits per heavy atom. The highest BCUT2D eigenvalue weighted by Gasteiger charge is 2.42. The van der Waals surface area contributed by atoms with Crippen molar-refractivity contribution in [2.24, 2.45) is 0 Å². The Hall–Kier alpha value is -3.59. The van der Waals surface area contributed by atoms with E-state index in [1.807, 2.05) is 50.2 Å². The highest BCUT2D eigenvalue weighted by molar-refractivity contribution is 7.99. The number of benzene rings is 2. The summed E-state index contributed by atoms with van der Waals surface area (Å²) in [6, 6.07) is 11.4. The normalized spacial score (nSPS) is 19.8. The van der Waals surface area contributed by atoms with Crippen LogP contribution >= 0.6 is 11.8 Å². The van der Waals surface area contributed by atoms with E-state index in [1.54, 1.807) is 18.9 Å². The highest BCUT2D eigenvalue weighted by Crippen LogP contribution is 2.48. The fraction of sp³-hybridized carbons (Fsp3) is 0.419. The number of hydrogen-bond acceptors (Lipinski definition) is 9. The van der Waals surface area contributed by atoms with Gasteiger partial charge in [0.25, 0.3) is 0 Å². The van der Waals surface area contributed by atoms with Gasteiger partial charge in [-0.15, -0.1) is 0 Å². The van der Waals surface area contributed by atoms with Crippen LogP contribution in [-0.4, -0.2) is 50.4 Å². The maximum atomic E-state index is 13.9. The molecule has 40 heavy (non-hydrogen) atoms. The molecule has 0 saturated carbocycles. The lowest BCUT2D eigenvalue weighted by Gasteiger charge is -2.36. The van der Waals surface area contributed by atoms with E-state index in [0.717, 1.165) is 28.3 Å². The van der Waals surface area contributed by atoms with E-state index >= 15 is 0 Å². The smallest absolute Gasteiger partial charge is 0.336 e. The van der Waals surface area contributed by atoms with Crippen LogP contribution in [-0.2, 0) is 14.3 Å². The molecule has 2 atom stereocenters. The van der Waals surface area contributed by atoms with Gasteiger partial charge in [-0.3, -0.25) is 4.79 Å². The van der Waals surface area contributed by atoms with Crippen molar-refractivity contribution < 1.29 is 33.3 Å². The summed E-state index contributed by atoms with van der Waals surface area (Å²) in [6.45, 7) is 6.85. The molecular weight excluding hydrogens is 530 g/mol. The quantitative estimate of drug-likeness (QED) is 0.297. The van der Waals surface area contributed by atoms with Crippen LogP contribution in [0.15, 0.2) is 58.9 Å². The van der Waals surface area contributed by atoms with Crippen LogP contribution in [0.3, 0.4) is 0 Å². The van der Waals surface area contributed by atoms with Gasteiger partial charge in [-0.05, 0) is 67.3 Å². The number of esters is 1. The zero-order chi connectivity index (χ0) is 28.2. The number of fused-ring (bicyclic) bond motifs is 1. The molecule has 0 saturated heterocycles. The van der Waals surface area contributed by atoms with Crippen LogP contribution in [0.4, 0.5) is 0 Å². The monoisotopic (exact) mass is 565 g/mol. The molecule has 1 N–H and O–H groups in total. The van der Waals surface area contributed by atoms with Gasteiger partial charge >= 0.3 is 5.97 Å². The van der Waals surface area contributed by atoms with Crippen molar-refractivity contribution >= 4 is 23.5 Å². The molecule has 2 aromatic carbocycles. The van der Waals surface area contributed by atoms with Crippen molar-refractivity contribution in [2.45, 2.75) is 45.4 Å². The van der Waals surface area contributed by atoms with Crippen molar-refractivity contribution in [1.82, 2.24) is 5.32 Å². The Labute approximate surface area is 239 Å². The maximum Gasteiger partial charge on any atom is 0.336 e. The minimum absolute atomic E-state index is 0.00592. The lowest BCUT2D eigenvalue weighted by molar-refractivity contribution is -0.138. The number of nitrogens with one attached hydrogen (secondary N) is 1. The lowest BCUT2D eigenvalue weighted by atomic mass is 9.71. The second kappa shape index (κ2) is 12.3. The van der Waals surface area contributed by atoms with Gasteiger partial charge in [-0.2, -0.15) is 11.8 Å². The number of allylic oxidation sites excluding steroid dienone is 3. The predicted molar refractivity (Wildman–Crippen MR) is 153 cm³/mol. The van der Waals surface area contributed by atoms with E-state index < -0.39 is 11.9 Å². The van der Waals surface area contributed by atoms with Crippen molar-refractivity contribution in [3.05, 3.63) is 70.1 Å². The van der Waals surface area contributed by atoms with Crippen LogP contribution in [0.25, 0.3) is 0 Å². The molecule has 2 aliphatic heterocycles. The number of dihydropyridines is 1. The minimum atomic E-state index is -0.569. The van der Waals surface area contributed by atoms with Gasteiger partial charge in [0.15, 0.2) is 28.8 Å². The molecule has 2 heterocycles. The number of carbonyl (C=O) groups is 2. The zero-order valence-electron chi connectivity index (χ0n) is 23.3. The number of Topliss-reactive ketones (excluding diaryl/α,β-unsaturated/α-hetero) is 1. The van der Waals surface area contributed by atoms with Crippen molar-refractivity contribution in [1.29, 1.82) is 0 Å². The molecule has 0 aromatic heterocycles. The third kappa shape index (κ3) is 5.52. The zero-order valence-corrected chi connectivity index (χ0v) is 24.2. The molecule has 3 aliphatic rings. The number of carbonyl (C=O) groups excluding carboxylic acids is 2. The lowest BCUT2D eigenvalue weighted by Crippen LogP contribution is -2.36. The van der Waals surface area contributed by atoms with Crippen molar-refractivity contribution in [2.75, 3.05) is 38.6 Å². The summed E-state index contributed by atoms with van der Waals surface area (Å²) in [5.74, 6) is 3.20. The average molecular weight is 566 g/mol. The summed E-state index contributed by atoms with van der Waals surface area (Å²) in [7, 11) is 1.61. The average Bonchev–Trinajstić information content (AvgIpc) is 3.43. The number of methoxy groups -OCH3 is 1. The topological polar surface area (TPSA) is 92.3 Å². The van der Waals surface area contributed by atoms with Crippen LogP contribution in [0, 0.1) is 0 Å². The van der Waals surface area contributed by atoms with Gasteiger partial charge in [0.1, 0.15) is 6.61 Å². The number of rotatable bonds is 10. The number of thioether (sulfide) groups is 1. The summed E-state index contributed by atoms with van der Waals surface area (Å²) in [6.07, 6.45) is 0.930. The van der Waals surface area contributed by atoms with Crippen LogP contribution < -0.4 is 24.3 Å². The predicted octanol–water partition coefficient (Wildman–Crippen LogP) is 5.48. The molecule has 0 radical (unpaired) electrons. The molecule has 0 bridgehead atoms. The van der Waals surface area contributed by atoms with E-state index in [2.05, 4.69) is 12.2 Å². The maximum absolute atomic E-state index is 13.9. The van der Waals surface area contributed by atoms with E-state index in [4.69, 9.17) is 23.7 Å². The minimum Gasteiger partial charge on any atom is -0.493 e. The molecule has 5 rings (SSSR count). The fourth-order valence-corrected chi connectivity index (χ4v) is 6.09. The Morgan fingerprint density at radius 1 is 1.05 bits per heavy atom. The van der Waals surface area contributed by atoms with E-state index in [-0.39, 0.29) is 18.5 Å². The van der Waals surface area contributed by atoms with E-state index in [1.165, 1.54) is 0 Å². The SMILES string of the molecule is CCOc1ccc(C2CC(=O)C3=C(C2)NC(C)=C(C(=O)OCCSCC)C3c2ccc3c(c2)OCO3)cc1OC. The number of hydrogen-bond donors (Lipinski definition) is 1. The van der Waals surface area contributed by atoms with E-state index in [9.17, 15) is 9.59 Å². The van der Waals surface area contributed by atoms with Crippen LogP contribution in [0.5, 0.6) is 23.0 Å². The molecule has 2 aromatic rings. The van der Waals surface area contributed by atoms with Crippen molar-refractivity contribution in [3.63, 3.8) is 0 Å². The van der Waals surface area contributed by atoms with Gasteiger partial charge in [0.05, 0.1) is 19.3 Å². The highest BCUT2D eigenvalue weighted by atomic mass is 32.2. The fourth-order valence-electron chi connectivity index (χ4n) is 5.60.